The fourth-order valence-corrected chi connectivity index (χ4v) is 2.50. The van der Waals surface area contributed by atoms with Crippen LogP contribution in [0.4, 0.5) is 0 Å². The molecule has 1 aliphatic rings. The predicted molar refractivity (Wildman–Crippen MR) is 73.1 cm³/mol. The van der Waals surface area contributed by atoms with E-state index >= 15 is 0 Å². The lowest BCUT2D eigenvalue weighted by Gasteiger charge is -2.21. The second kappa shape index (κ2) is 8.92. The third-order valence-corrected chi connectivity index (χ3v) is 3.49. The summed E-state index contributed by atoms with van der Waals surface area (Å²) < 4.78 is 9.60. The molecule has 20 heavy (non-hydrogen) atoms. The Morgan fingerprint density at radius 3 is 2.70 bits per heavy atom. The molecule has 1 fully saturated rings. The highest BCUT2D eigenvalue weighted by Crippen LogP contribution is 2.19. The Morgan fingerprint density at radius 1 is 1.30 bits per heavy atom. The van der Waals surface area contributed by atoms with Gasteiger partial charge in [0.05, 0.1) is 19.8 Å². The number of carbonyl (C=O) groups excluding carboxylic acids is 2. The molecule has 0 aromatic carbocycles. The Labute approximate surface area is 120 Å². The summed E-state index contributed by atoms with van der Waals surface area (Å²) in [5.41, 5.74) is 0. The molecule has 0 saturated carbocycles. The van der Waals surface area contributed by atoms with E-state index < -0.39 is 6.10 Å². The molecule has 0 amide bonds. The Morgan fingerprint density at radius 2 is 2.05 bits per heavy atom. The van der Waals surface area contributed by atoms with E-state index in [4.69, 9.17) is 9.47 Å². The first-order chi connectivity index (χ1) is 9.58. The van der Waals surface area contributed by atoms with Crippen LogP contribution in [0.5, 0.6) is 0 Å². The molecular formula is C14H25NO5. The number of methoxy groups -OCH3 is 1. The number of hydrogen-bond donors (Lipinski definition) is 1. The summed E-state index contributed by atoms with van der Waals surface area (Å²) in [6, 6.07) is -0.333. The van der Waals surface area contributed by atoms with Crippen molar-refractivity contribution in [3.63, 3.8) is 0 Å². The van der Waals surface area contributed by atoms with E-state index in [0.29, 0.717) is 26.0 Å². The Hall–Kier alpha value is -1.14. The highest BCUT2D eigenvalue weighted by molar-refractivity contribution is 5.76. The number of hydrogen-bond acceptors (Lipinski definition) is 6. The number of ether oxygens (including phenoxy) is 2. The molecule has 1 N–H and O–H groups in total. The summed E-state index contributed by atoms with van der Waals surface area (Å²) in [6.07, 6.45) is 3.00. The van der Waals surface area contributed by atoms with Gasteiger partial charge in [-0.1, -0.05) is 6.42 Å². The van der Waals surface area contributed by atoms with Crippen molar-refractivity contribution in [1.29, 1.82) is 0 Å². The first-order valence-electron chi connectivity index (χ1n) is 7.24. The standard InChI is InChI=1S/C14H25NO5/c1-3-20-13(17)7-5-4-6-8-15-10-11(16)9-12(15)14(18)19-2/h11-12,16H,3-10H2,1-2H3. The fraction of sp³-hybridized carbons (Fsp3) is 0.857. The van der Waals surface area contributed by atoms with Crippen molar-refractivity contribution >= 4 is 11.9 Å². The van der Waals surface area contributed by atoms with Crippen LogP contribution >= 0.6 is 0 Å². The molecule has 0 aliphatic carbocycles. The normalized spacial score (nSPS) is 22.8. The number of β-amino-alcohol motifs (C(OH)–C–C–N with tert-alkyl or cyclic N) is 1. The summed E-state index contributed by atoms with van der Waals surface area (Å²) in [7, 11) is 1.37. The summed E-state index contributed by atoms with van der Waals surface area (Å²) in [4.78, 5) is 24.7. The second-order valence-corrected chi connectivity index (χ2v) is 5.04. The SMILES string of the molecule is CCOC(=O)CCCCCN1CC(O)CC1C(=O)OC. The minimum absolute atomic E-state index is 0.156. The van der Waals surface area contributed by atoms with Crippen molar-refractivity contribution in [2.24, 2.45) is 0 Å². The molecule has 0 radical (unpaired) electrons. The highest BCUT2D eigenvalue weighted by Gasteiger charge is 2.36. The molecule has 0 spiro atoms. The molecule has 0 bridgehead atoms. The van der Waals surface area contributed by atoms with Crippen LogP contribution in [0.15, 0.2) is 0 Å². The highest BCUT2D eigenvalue weighted by atomic mass is 16.5. The maximum absolute atomic E-state index is 11.6. The van der Waals surface area contributed by atoms with Gasteiger partial charge in [0.15, 0.2) is 0 Å². The van der Waals surface area contributed by atoms with Crippen molar-refractivity contribution in [2.75, 3.05) is 26.8 Å². The summed E-state index contributed by atoms with van der Waals surface area (Å²) in [5, 5.41) is 9.64. The van der Waals surface area contributed by atoms with E-state index in [-0.39, 0.29) is 18.0 Å². The predicted octanol–water partition coefficient (Wildman–Crippen LogP) is 0.718. The lowest BCUT2D eigenvalue weighted by molar-refractivity contribution is -0.146. The van der Waals surface area contributed by atoms with Crippen LogP contribution in [-0.4, -0.2) is 60.9 Å². The van der Waals surface area contributed by atoms with Gasteiger partial charge in [-0.05, 0) is 26.3 Å². The zero-order chi connectivity index (χ0) is 15.0. The Bertz CT molecular complexity index is 321. The molecule has 6 nitrogen and oxygen atoms in total. The zero-order valence-corrected chi connectivity index (χ0v) is 12.3. The monoisotopic (exact) mass is 287 g/mol. The van der Waals surface area contributed by atoms with Gasteiger partial charge in [-0.25, -0.2) is 0 Å². The molecule has 1 saturated heterocycles. The molecule has 0 aromatic rings. The smallest absolute Gasteiger partial charge is 0.323 e. The van der Waals surface area contributed by atoms with Gasteiger partial charge < -0.3 is 14.6 Å². The summed E-state index contributed by atoms with van der Waals surface area (Å²) in [6.45, 7) is 3.46. The van der Waals surface area contributed by atoms with Gasteiger partial charge in [0, 0.05) is 19.4 Å². The Kier molecular flexibility index (Phi) is 7.54. The average Bonchev–Trinajstić information content (AvgIpc) is 2.79. The molecular weight excluding hydrogens is 262 g/mol. The van der Waals surface area contributed by atoms with E-state index in [1.165, 1.54) is 7.11 Å². The third kappa shape index (κ3) is 5.46. The van der Waals surface area contributed by atoms with E-state index in [1.807, 2.05) is 4.90 Å². The summed E-state index contributed by atoms with van der Waals surface area (Å²) in [5.74, 6) is -0.440. The van der Waals surface area contributed by atoms with Crippen LogP contribution < -0.4 is 0 Å². The van der Waals surface area contributed by atoms with Crippen LogP contribution in [0.25, 0.3) is 0 Å². The van der Waals surface area contributed by atoms with Crippen LogP contribution in [0, 0.1) is 0 Å². The van der Waals surface area contributed by atoms with Crippen molar-refractivity contribution in [3.05, 3.63) is 0 Å². The van der Waals surface area contributed by atoms with E-state index in [1.54, 1.807) is 6.92 Å². The van der Waals surface area contributed by atoms with Crippen LogP contribution in [0.2, 0.25) is 0 Å². The van der Waals surface area contributed by atoms with Crippen molar-refractivity contribution in [2.45, 2.75) is 51.2 Å². The van der Waals surface area contributed by atoms with Crippen molar-refractivity contribution in [3.8, 4) is 0 Å². The van der Waals surface area contributed by atoms with Gasteiger partial charge in [0.25, 0.3) is 0 Å². The van der Waals surface area contributed by atoms with Gasteiger partial charge in [-0.2, -0.15) is 0 Å². The minimum atomic E-state index is -0.460. The average molecular weight is 287 g/mol. The zero-order valence-electron chi connectivity index (χ0n) is 12.3. The van der Waals surface area contributed by atoms with Gasteiger partial charge >= 0.3 is 11.9 Å². The van der Waals surface area contributed by atoms with Gasteiger partial charge in [-0.15, -0.1) is 0 Å². The molecule has 0 aromatic heterocycles. The Balaban J connectivity index is 2.20. The maximum atomic E-state index is 11.6. The quantitative estimate of drug-likeness (QED) is 0.523. The number of nitrogens with zero attached hydrogens (tertiary/aromatic N) is 1. The van der Waals surface area contributed by atoms with Crippen molar-refractivity contribution < 1.29 is 24.2 Å². The number of aliphatic hydroxyl groups excluding tert-OH is 1. The van der Waals surface area contributed by atoms with E-state index in [2.05, 4.69) is 0 Å². The van der Waals surface area contributed by atoms with Gasteiger partial charge in [0.1, 0.15) is 6.04 Å². The minimum Gasteiger partial charge on any atom is -0.468 e. The molecule has 1 heterocycles. The molecule has 116 valence electrons. The number of unbranched alkanes of at least 4 members (excludes halogenated alkanes) is 2. The van der Waals surface area contributed by atoms with Gasteiger partial charge in [0.2, 0.25) is 0 Å². The number of carbonyl (C=O) groups is 2. The second-order valence-electron chi connectivity index (χ2n) is 5.04. The first-order valence-corrected chi connectivity index (χ1v) is 7.24. The fourth-order valence-electron chi connectivity index (χ4n) is 2.50. The molecule has 2 unspecified atom stereocenters. The largest absolute Gasteiger partial charge is 0.468 e. The van der Waals surface area contributed by atoms with Crippen LogP contribution in [0.1, 0.15) is 39.0 Å². The van der Waals surface area contributed by atoms with Crippen LogP contribution in [-0.2, 0) is 19.1 Å². The lowest BCUT2D eigenvalue weighted by Crippen LogP contribution is -2.37. The van der Waals surface area contributed by atoms with E-state index in [9.17, 15) is 14.7 Å². The lowest BCUT2D eigenvalue weighted by atomic mass is 10.1. The number of aliphatic hydroxyl groups is 1. The third-order valence-electron chi connectivity index (χ3n) is 3.49. The van der Waals surface area contributed by atoms with Crippen LogP contribution in [0.3, 0.4) is 0 Å². The van der Waals surface area contributed by atoms with Crippen molar-refractivity contribution in [1.82, 2.24) is 4.90 Å². The molecule has 6 heteroatoms. The number of rotatable bonds is 8. The summed E-state index contributed by atoms with van der Waals surface area (Å²) >= 11 is 0. The maximum Gasteiger partial charge on any atom is 0.323 e. The number of esters is 2. The number of likely N-dealkylation sites (tertiary alicyclic amines) is 1. The molecule has 2 atom stereocenters. The topological polar surface area (TPSA) is 76.1 Å². The van der Waals surface area contributed by atoms with E-state index in [0.717, 1.165) is 25.8 Å². The molecule has 1 aliphatic heterocycles. The molecule has 1 rings (SSSR count). The van der Waals surface area contributed by atoms with Gasteiger partial charge in [-0.3, -0.25) is 14.5 Å². The first kappa shape index (κ1) is 16.9.